The van der Waals surface area contributed by atoms with Gasteiger partial charge in [0.05, 0.1) is 0 Å². The molecule has 74 valence electrons. The zero-order valence-electron chi connectivity index (χ0n) is 7.88. The first kappa shape index (κ1) is 8.99. The van der Waals surface area contributed by atoms with E-state index in [1.54, 1.807) is 6.07 Å². The van der Waals surface area contributed by atoms with Crippen LogP contribution in [0.3, 0.4) is 0 Å². The molecule has 2 rings (SSSR count). The number of rotatable bonds is 2. The summed E-state index contributed by atoms with van der Waals surface area (Å²) in [6.45, 7) is 2.01. The van der Waals surface area contributed by atoms with E-state index in [4.69, 9.17) is 10.2 Å². The summed E-state index contributed by atoms with van der Waals surface area (Å²) in [6.07, 6.45) is 1.64. The maximum atomic E-state index is 13.3. The van der Waals surface area contributed by atoms with Crippen molar-refractivity contribution in [1.29, 1.82) is 0 Å². The summed E-state index contributed by atoms with van der Waals surface area (Å²) in [5, 5.41) is 0. The van der Waals surface area contributed by atoms with Crippen LogP contribution >= 0.6 is 0 Å². The molecule has 0 atom stereocenters. The summed E-state index contributed by atoms with van der Waals surface area (Å²) in [7, 11) is 0. The summed E-state index contributed by atoms with van der Waals surface area (Å²) in [6, 6.07) is 2.85. The second kappa shape index (κ2) is 3.29. The molecule has 1 aromatic carbocycles. The van der Waals surface area contributed by atoms with Gasteiger partial charge in [-0.15, -0.1) is 0 Å². The van der Waals surface area contributed by atoms with E-state index in [9.17, 15) is 4.39 Å². The highest BCUT2D eigenvalue weighted by Crippen LogP contribution is 2.22. The molecule has 0 aliphatic carbocycles. The molecule has 0 unspecified atom stereocenters. The van der Waals surface area contributed by atoms with Gasteiger partial charge in [-0.05, 0) is 12.5 Å². The quantitative estimate of drug-likeness (QED) is 0.747. The number of halogens is 1. The number of oxazole rings is 1. The second-order valence-electron chi connectivity index (χ2n) is 3.21. The number of anilines is 1. The molecule has 0 aliphatic rings. The number of hydrogen-bond acceptors (Lipinski definition) is 3. The fraction of sp³-hybridized carbons (Fsp3) is 0.300. The number of hydrogen-bond donors (Lipinski definition) is 1. The van der Waals surface area contributed by atoms with Crippen molar-refractivity contribution in [3.8, 4) is 0 Å². The molecule has 14 heavy (non-hydrogen) atoms. The summed E-state index contributed by atoms with van der Waals surface area (Å²) in [5.41, 5.74) is 6.54. The zero-order chi connectivity index (χ0) is 10.1. The third-order valence-electron chi connectivity index (χ3n) is 1.98. The van der Waals surface area contributed by atoms with E-state index in [1.807, 2.05) is 6.92 Å². The van der Waals surface area contributed by atoms with Gasteiger partial charge in [-0.2, -0.15) is 0 Å². The molecule has 1 heterocycles. The standard InChI is InChI=1S/C10H11FN2O/c1-2-3-9-13-8-5-6(12)4-7(11)10(8)14-9/h4-5H,2-3,12H2,1H3. The first-order valence-corrected chi connectivity index (χ1v) is 4.55. The zero-order valence-corrected chi connectivity index (χ0v) is 7.88. The molecule has 0 amide bonds. The van der Waals surface area contributed by atoms with Crippen molar-refractivity contribution < 1.29 is 8.81 Å². The van der Waals surface area contributed by atoms with Crippen LogP contribution in [0, 0.1) is 5.82 Å². The predicted octanol–water partition coefficient (Wildman–Crippen LogP) is 2.50. The highest BCUT2D eigenvalue weighted by atomic mass is 19.1. The highest BCUT2D eigenvalue weighted by molar-refractivity contribution is 5.77. The third kappa shape index (κ3) is 1.43. The molecule has 2 aromatic rings. The van der Waals surface area contributed by atoms with Gasteiger partial charge in [0.1, 0.15) is 5.52 Å². The largest absolute Gasteiger partial charge is 0.438 e. The molecule has 1 aromatic heterocycles. The lowest BCUT2D eigenvalue weighted by Gasteiger charge is -1.92. The fourth-order valence-corrected chi connectivity index (χ4v) is 1.38. The monoisotopic (exact) mass is 194 g/mol. The minimum atomic E-state index is -0.449. The first-order valence-electron chi connectivity index (χ1n) is 4.55. The Morgan fingerprint density at radius 2 is 2.29 bits per heavy atom. The maximum Gasteiger partial charge on any atom is 0.195 e. The van der Waals surface area contributed by atoms with E-state index in [1.165, 1.54) is 6.07 Å². The first-order chi connectivity index (χ1) is 6.70. The topological polar surface area (TPSA) is 52.0 Å². The van der Waals surface area contributed by atoms with Crippen molar-refractivity contribution >= 4 is 16.8 Å². The average molecular weight is 194 g/mol. The molecule has 0 spiro atoms. The molecular weight excluding hydrogens is 183 g/mol. The Bertz CT molecular complexity index is 464. The van der Waals surface area contributed by atoms with E-state index in [2.05, 4.69) is 4.98 Å². The van der Waals surface area contributed by atoms with Crippen LogP contribution in [0.4, 0.5) is 10.1 Å². The van der Waals surface area contributed by atoms with E-state index in [0.717, 1.165) is 6.42 Å². The van der Waals surface area contributed by atoms with Crippen molar-refractivity contribution in [2.45, 2.75) is 19.8 Å². The van der Waals surface area contributed by atoms with Crippen LogP contribution in [0.15, 0.2) is 16.5 Å². The van der Waals surface area contributed by atoms with Crippen molar-refractivity contribution in [3.05, 3.63) is 23.8 Å². The Hall–Kier alpha value is -1.58. The van der Waals surface area contributed by atoms with Crippen LogP contribution in [0.25, 0.3) is 11.1 Å². The normalized spacial score (nSPS) is 11.0. The van der Waals surface area contributed by atoms with Crippen LogP contribution in [0.1, 0.15) is 19.2 Å². The molecular formula is C10H11FN2O. The minimum absolute atomic E-state index is 0.197. The molecule has 0 saturated carbocycles. The maximum absolute atomic E-state index is 13.3. The van der Waals surface area contributed by atoms with Crippen LogP contribution in [-0.4, -0.2) is 4.98 Å². The number of nitrogens with two attached hydrogens (primary N) is 1. The molecule has 4 heteroatoms. The molecule has 0 radical (unpaired) electrons. The summed E-state index contributed by atoms with van der Waals surface area (Å²) < 4.78 is 18.5. The van der Waals surface area contributed by atoms with Gasteiger partial charge in [-0.1, -0.05) is 6.92 Å². The summed E-state index contributed by atoms with van der Waals surface area (Å²) in [4.78, 5) is 4.14. The van der Waals surface area contributed by atoms with Gasteiger partial charge >= 0.3 is 0 Å². The van der Waals surface area contributed by atoms with Gasteiger partial charge in [-0.3, -0.25) is 0 Å². The van der Waals surface area contributed by atoms with Crippen LogP contribution < -0.4 is 5.73 Å². The fourth-order valence-electron chi connectivity index (χ4n) is 1.38. The summed E-state index contributed by atoms with van der Waals surface area (Å²) >= 11 is 0. The van der Waals surface area contributed by atoms with Crippen molar-refractivity contribution in [2.75, 3.05) is 5.73 Å². The lowest BCUT2D eigenvalue weighted by atomic mass is 10.3. The number of fused-ring (bicyclic) bond motifs is 1. The van der Waals surface area contributed by atoms with Gasteiger partial charge in [0, 0.05) is 18.2 Å². The lowest BCUT2D eigenvalue weighted by molar-refractivity contribution is 0.503. The van der Waals surface area contributed by atoms with Gasteiger partial charge in [0.25, 0.3) is 0 Å². The molecule has 0 saturated heterocycles. The third-order valence-corrected chi connectivity index (χ3v) is 1.98. The van der Waals surface area contributed by atoms with Gasteiger partial charge in [0.15, 0.2) is 17.3 Å². The molecule has 2 N–H and O–H groups in total. The number of nitrogen functional groups attached to an aromatic ring is 1. The van der Waals surface area contributed by atoms with Crippen molar-refractivity contribution in [3.63, 3.8) is 0 Å². The predicted molar refractivity (Wildman–Crippen MR) is 52.4 cm³/mol. The highest BCUT2D eigenvalue weighted by Gasteiger charge is 2.10. The molecule has 0 bridgehead atoms. The van der Waals surface area contributed by atoms with E-state index in [0.29, 0.717) is 23.5 Å². The van der Waals surface area contributed by atoms with E-state index in [-0.39, 0.29) is 5.58 Å². The Morgan fingerprint density at radius 3 is 3.00 bits per heavy atom. The van der Waals surface area contributed by atoms with Crippen LogP contribution in [0.5, 0.6) is 0 Å². The number of aryl methyl sites for hydroxylation is 1. The Balaban J connectivity index is 2.58. The smallest absolute Gasteiger partial charge is 0.195 e. The van der Waals surface area contributed by atoms with Gasteiger partial charge in [0.2, 0.25) is 0 Å². The number of aromatic nitrogens is 1. The Morgan fingerprint density at radius 1 is 1.50 bits per heavy atom. The van der Waals surface area contributed by atoms with Crippen molar-refractivity contribution in [1.82, 2.24) is 4.98 Å². The molecule has 3 nitrogen and oxygen atoms in total. The number of nitrogens with zero attached hydrogens (tertiary/aromatic N) is 1. The van der Waals surface area contributed by atoms with Crippen molar-refractivity contribution in [2.24, 2.45) is 0 Å². The van der Waals surface area contributed by atoms with E-state index < -0.39 is 5.82 Å². The molecule has 0 aliphatic heterocycles. The minimum Gasteiger partial charge on any atom is -0.438 e. The van der Waals surface area contributed by atoms with Gasteiger partial charge < -0.3 is 10.2 Å². The number of benzene rings is 1. The van der Waals surface area contributed by atoms with Gasteiger partial charge in [-0.25, -0.2) is 9.37 Å². The van der Waals surface area contributed by atoms with Crippen LogP contribution in [-0.2, 0) is 6.42 Å². The average Bonchev–Trinajstić information content (AvgIpc) is 2.48. The second-order valence-corrected chi connectivity index (χ2v) is 3.21. The Kier molecular flexibility index (Phi) is 2.11. The summed E-state index contributed by atoms with van der Waals surface area (Å²) in [5.74, 6) is 0.113. The van der Waals surface area contributed by atoms with Crippen LogP contribution in [0.2, 0.25) is 0 Å². The van der Waals surface area contributed by atoms with E-state index >= 15 is 0 Å². The SMILES string of the molecule is CCCc1nc2cc(N)cc(F)c2o1. The lowest BCUT2D eigenvalue weighted by Crippen LogP contribution is -1.86. The molecule has 0 fully saturated rings. The Labute approximate surface area is 80.7 Å².